The Kier molecular flexibility index (Phi) is 3.76. The SMILES string of the molecule is CCC1CCC(CC)C1OC(C)=O. The molecule has 2 nitrogen and oxygen atoms in total. The van der Waals surface area contributed by atoms with E-state index < -0.39 is 0 Å². The molecule has 2 heteroatoms. The normalized spacial score (nSPS) is 33.3. The molecule has 0 aliphatic heterocycles. The van der Waals surface area contributed by atoms with Gasteiger partial charge in [-0.05, 0) is 37.5 Å². The van der Waals surface area contributed by atoms with Crippen molar-refractivity contribution in [2.45, 2.75) is 52.6 Å². The average molecular weight is 184 g/mol. The summed E-state index contributed by atoms with van der Waals surface area (Å²) < 4.78 is 5.38. The molecule has 1 rings (SSSR count). The van der Waals surface area contributed by atoms with Crippen molar-refractivity contribution in [2.75, 3.05) is 0 Å². The van der Waals surface area contributed by atoms with E-state index in [1.165, 1.54) is 19.8 Å². The molecule has 1 fully saturated rings. The van der Waals surface area contributed by atoms with Gasteiger partial charge < -0.3 is 4.74 Å². The lowest BCUT2D eigenvalue weighted by Crippen LogP contribution is -2.26. The summed E-state index contributed by atoms with van der Waals surface area (Å²) in [6.45, 7) is 5.87. The smallest absolute Gasteiger partial charge is 0.302 e. The van der Waals surface area contributed by atoms with Crippen LogP contribution in [0.5, 0.6) is 0 Å². The van der Waals surface area contributed by atoms with E-state index in [9.17, 15) is 4.79 Å². The Hall–Kier alpha value is -0.530. The maximum absolute atomic E-state index is 10.9. The van der Waals surface area contributed by atoms with Gasteiger partial charge in [0.05, 0.1) is 0 Å². The molecule has 0 N–H and O–H groups in total. The van der Waals surface area contributed by atoms with Gasteiger partial charge in [-0.15, -0.1) is 0 Å². The molecule has 0 bridgehead atoms. The second-order valence-electron chi connectivity index (χ2n) is 3.99. The summed E-state index contributed by atoms with van der Waals surface area (Å²) in [5.41, 5.74) is 0. The quantitative estimate of drug-likeness (QED) is 0.630. The molecule has 13 heavy (non-hydrogen) atoms. The van der Waals surface area contributed by atoms with Gasteiger partial charge in [-0.25, -0.2) is 0 Å². The number of ether oxygens (including phenoxy) is 1. The standard InChI is InChI=1S/C11H20O2/c1-4-9-6-7-10(5-2)11(9)13-8(3)12/h9-11H,4-7H2,1-3H3. The summed E-state index contributed by atoms with van der Waals surface area (Å²) >= 11 is 0. The third-order valence-corrected chi connectivity index (χ3v) is 3.19. The van der Waals surface area contributed by atoms with Crippen LogP contribution in [0, 0.1) is 11.8 Å². The zero-order chi connectivity index (χ0) is 9.84. The minimum absolute atomic E-state index is 0.121. The Balaban J connectivity index is 2.56. The molecule has 1 aliphatic carbocycles. The Morgan fingerprint density at radius 1 is 1.23 bits per heavy atom. The molecule has 2 atom stereocenters. The van der Waals surface area contributed by atoms with Crippen molar-refractivity contribution < 1.29 is 9.53 Å². The monoisotopic (exact) mass is 184 g/mol. The van der Waals surface area contributed by atoms with E-state index in [2.05, 4.69) is 13.8 Å². The lowest BCUT2D eigenvalue weighted by molar-refractivity contribution is -0.150. The molecule has 0 amide bonds. The molecule has 0 aromatic carbocycles. The van der Waals surface area contributed by atoms with Gasteiger partial charge in [-0.3, -0.25) is 4.79 Å². The van der Waals surface area contributed by atoms with Crippen molar-refractivity contribution in [3.63, 3.8) is 0 Å². The minimum Gasteiger partial charge on any atom is -0.462 e. The van der Waals surface area contributed by atoms with E-state index in [0.717, 1.165) is 12.8 Å². The van der Waals surface area contributed by atoms with Crippen molar-refractivity contribution >= 4 is 5.97 Å². The van der Waals surface area contributed by atoms with Gasteiger partial charge in [0.15, 0.2) is 0 Å². The van der Waals surface area contributed by atoms with E-state index >= 15 is 0 Å². The summed E-state index contributed by atoms with van der Waals surface area (Å²) in [5, 5.41) is 0. The van der Waals surface area contributed by atoms with Crippen molar-refractivity contribution in [2.24, 2.45) is 11.8 Å². The maximum Gasteiger partial charge on any atom is 0.302 e. The van der Waals surface area contributed by atoms with Gasteiger partial charge >= 0.3 is 5.97 Å². The second kappa shape index (κ2) is 4.64. The number of hydrogen-bond acceptors (Lipinski definition) is 2. The largest absolute Gasteiger partial charge is 0.462 e. The first kappa shape index (κ1) is 10.6. The molecule has 2 unspecified atom stereocenters. The van der Waals surface area contributed by atoms with E-state index in [1.54, 1.807) is 0 Å². The van der Waals surface area contributed by atoms with Crippen LogP contribution in [0.25, 0.3) is 0 Å². The number of esters is 1. The summed E-state index contributed by atoms with van der Waals surface area (Å²) in [7, 11) is 0. The van der Waals surface area contributed by atoms with Crippen LogP contribution in [0.3, 0.4) is 0 Å². The van der Waals surface area contributed by atoms with Crippen LogP contribution in [-0.2, 0) is 9.53 Å². The maximum atomic E-state index is 10.9. The van der Waals surface area contributed by atoms with Crippen LogP contribution in [-0.4, -0.2) is 12.1 Å². The summed E-state index contributed by atoms with van der Waals surface area (Å²) in [5.74, 6) is 1.09. The van der Waals surface area contributed by atoms with Gasteiger partial charge in [-0.2, -0.15) is 0 Å². The highest BCUT2D eigenvalue weighted by molar-refractivity contribution is 5.66. The van der Waals surface area contributed by atoms with E-state index in [4.69, 9.17) is 4.74 Å². The molecule has 0 aromatic rings. The molecule has 0 heterocycles. The zero-order valence-electron chi connectivity index (χ0n) is 8.88. The van der Waals surface area contributed by atoms with E-state index in [-0.39, 0.29) is 12.1 Å². The molecular weight excluding hydrogens is 164 g/mol. The van der Waals surface area contributed by atoms with Crippen molar-refractivity contribution in [1.82, 2.24) is 0 Å². The van der Waals surface area contributed by atoms with Crippen molar-refractivity contribution in [1.29, 1.82) is 0 Å². The summed E-state index contributed by atoms with van der Waals surface area (Å²) in [6.07, 6.45) is 4.93. The number of carbonyl (C=O) groups excluding carboxylic acids is 1. The highest BCUT2D eigenvalue weighted by Gasteiger charge is 2.35. The van der Waals surface area contributed by atoms with Crippen LogP contribution < -0.4 is 0 Å². The predicted octanol–water partition coefficient (Wildman–Crippen LogP) is 2.76. The van der Waals surface area contributed by atoms with E-state index in [1.807, 2.05) is 0 Å². The Morgan fingerprint density at radius 2 is 1.69 bits per heavy atom. The third-order valence-electron chi connectivity index (χ3n) is 3.19. The van der Waals surface area contributed by atoms with Crippen molar-refractivity contribution in [3.8, 4) is 0 Å². The highest BCUT2D eigenvalue weighted by atomic mass is 16.5. The molecular formula is C11H20O2. The van der Waals surface area contributed by atoms with Crippen LogP contribution in [0.4, 0.5) is 0 Å². The Labute approximate surface area is 80.7 Å². The number of rotatable bonds is 3. The van der Waals surface area contributed by atoms with Crippen LogP contribution in [0.2, 0.25) is 0 Å². The number of hydrogen-bond donors (Lipinski definition) is 0. The molecule has 1 aliphatic rings. The average Bonchev–Trinajstić information content (AvgIpc) is 2.46. The van der Waals surface area contributed by atoms with Gasteiger partial charge in [0, 0.05) is 6.92 Å². The Bertz CT molecular complexity index is 165. The van der Waals surface area contributed by atoms with Gasteiger partial charge in [0.2, 0.25) is 0 Å². The summed E-state index contributed by atoms with van der Waals surface area (Å²) in [4.78, 5) is 10.9. The molecule has 0 radical (unpaired) electrons. The van der Waals surface area contributed by atoms with Gasteiger partial charge in [-0.1, -0.05) is 13.8 Å². The molecule has 0 saturated heterocycles. The van der Waals surface area contributed by atoms with Crippen molar-refractivity contribution in [3.05, 3.63) is 0 Å². The zero-order valence-corrected chi connectivity index (χ0v) is 8.88. The lowest BCUT2D eigenvalue weighted by Gasteiger charge is -2.22. The highest BCUT2D eigenvalue weighted by Crippen LogP contribution is 2.37. The Morgan fingerprint density at radius 3 is 2.00 bits per heavy atom. The second-order valence-corrected chi connectivity index (χ2v) is 3.99. The predicted molar refractivity (Wildman–Crippen MR) is 52.4 cm³/mol. The lowest BCUT2D eigenvalue weighted by atomic mass is 9.97. The number of carbonyl (C=O) groups is 1. The molecule has 76 valence electrons. The van der Waals surface area contributed by atoms with Gasteiger partial charge in [0.1, 0.15) is 6.10 Å². The first-order chi connectivity index (χ1) is 6.19. The topological polar surface area (TPSA) is 26.3 Å². The molecule has 0 spiro atoms. The first-order valence-corrected chi connectivity index (χ1v) is 5.36. The first-order valence-electron chi connectivity index (χ1n) is 5.36. The fourth-order valence-corrected chi connectivity index (χ4v) is 2.40. The van der Waals surface area contributed by atoms with Crippen LogP contribution >= 0.6 is 0 Å². The third kappa shape index (κ3) is 2.45. The van der Waals surface area contributed by atoms with Crippen LogP contribution in [0.15, 0.2) is 0 Å². The molecule has 1 saturated carbocycles. The summed E-state index contributed by atoms with van der Waals surface area (Å²) in [6, 6.07) is 0. The fourth-order valence-electron chi connectivity index (χ4n) is 2.40. The molecule has 0 aromatic heterocycles. The van der Waals surface area contributed by atoms with E-state index in [0.29, 0.717) is 11.8 Å². The van der Waals surface area contributed by atoms with Crippen LogP contribution in [0.1, 0.15) is 46.5 Å². The minimum atomic E-state index is -0.121. The van der Waals surface area contributed by atoms with Gasteiger partial charge in [0.25, 0.3) is 0 Å². The fraction of sp³-hybridized carbons (Fsp3) is 0.909.